The lowest BCUT2D eigenvalue weighted by atomic mass is 10.1. The second kappa shape index (κ2) is 7.88. The molecule has 2 heterocycles. The number of hydrogen-bond donors (Lipinski definition) is 2. The summed E-state index contributed by atoms with van der Waals surface area (Å²) < 4.78 is 0. The van der Waals surface area contributed by atoms with Crippen LogP contribution in [0.15, 0.2) is 30.3 Å². The Morgan fingerprint density at radius 3 is 2.62 bits per heavy atom. The Kier molecular flexibility index (Phi) is 5.58. The molecule has 0 atom stereocenters. The van der Waals surface area contributed by atoms with Crippen LogP contribution in [0.25, 0.3) is 0 Å². The van der Waals surface area contributed by atoms with Gasteiger partial charge in [-0.1, -0.05) is 43.6 Å². The van der Waals surface area contributed by atoms with Crippen molar-refractivity contribution in [2.24, 2.45) is 0 Å². The molecule has 0 spiro atoms. The molecule has 3 aromatic rings. The average Bonchev–Trinajstić information content (AvgIpc) is 3.05. The smallest absolute Gasteiger partial charge is 0.234 e. The summed E-state index contributed by atoms with van der Waals surface area (Å²) in [5, 5.41) is 11.0. The van der Waals surface area contributed by atoms with Crippen molar-refractivity contribution >= 4 is 40.9 Å². The number of hydrogen-bond acceptors (Lipinski definition) is 6. The van der Waals surface area contributed by atoms with Gasteiger partial charge in [-0.15, -0.1) is 0 Å². The van der Waals surface area contributed by atoms with Crippen molar-refractivity contribution in [2.45, 2.75) is 26.3 Å². The van der Waals surface area contributed by atoms with E-state index >= 15 is 0 Å². The molecule has 0 saturated carbocycles. The van der Waals surface area contributed by atoms with E-state index in [9.17, 15) is 0 Å². The van der Waals surface area contributed by atoms with Gasteiger partial charge in [0.05, 0.1) is 0 Å². The second-order valence-corrected chi connectivity index (χ2v) is 6.91. The van der Waals surface area contributed by atoms with E-state index in [1.54, 1.807) is 0 Å². The van der Waals surface area contributed by atoms with Crippen LogP contribution in [-0.4, -0.2) is 32.2 Å². The number of H-pyrrole nitrogens is 1. The van der Waals surface area contributed by atoms with Gasteiger partial charge in [0, 0.05) is 30.4 Å². The monoisotopic (exact) mass is 391 g/mol. The maximum Gasteiger partial charge on any atom is 0.234 e. The highest BCUT2D eigenvalue weighted by Crippen LogP contribution is 2.22. The van der Waals surface area contributed by atoms with Crippen molar-refractivity contribution < 1.29 is 0 Å². The molecule has 0 unspecified atom stereocenters. The summed E-state index contributed by atoms with van der Waals surface area (Å²) in [6.45, 7) is 4.71. The molecule has 3 rings (SSSR count). The number of nitrogens with one attached hydrogen (secondary N) is 2. The Hall–Kier alpha value is -2.38. The van der Waals surface area contributed by atoms with Crippen molar-refractivity contribution in [1.82, 2.24) is 25.1 Å². The maximum atomic E-state index is 6.22. The molecule has 7 nitrogen and oxygen atoms in total. The zero-order valence-corrected chi connectivity index (χ0v) is 16.2. The quantitative estimate of drug-likeness (QED) is 0.647. The first-order valence-corrected chi connectivity index (χ1v) is 8.86. The second-order valence-electron chi connectivity index (χ2n) is 6.16. The number of nitrogens with zero attached hydrogens (tertiary/aromatic N) is 5. The number of rotatable bonds is 6. The maximum absolute atomic E-state index is 6.22. The number of benzene rings is 1. The molecular weight excluding hydrogens is 373 g/mol. The van der Waals surface area contributed by atoms with Gasteiger partial charge in [-0.25, -0.2) is 0 Å². The number of aromatic amines is 1. The molecule has 0 saturated heterocycles. The van der Waals surface area contributed by atoms with E-state index < -0.39 is 0 Å². The van der Waals surface area contributed by atoms with E-state index in [1.807, 2.05) is 42.3 Å². The summed E-state index contributed by atoms with van der Waals surface area (Å²) in [6.07, 6.45) is 0. The van der Waals surface area contributed by atoms with Crippen molar-refractivity contribution in [3.05, 3.63) is 51.9 Å². The predicted molar refractivity (Wildman–Crippen MR) is 104 cm³/mol. The fraction of sp³-hybridized carbons (Fsp3) is 0.294. The molecule has 0 aliphatic heterocycles. The molecule has 0 fully saturated rings. The molecule has 0 aliphatic carbocycles. The number of anilines is 3. The largest absolute Gasteiger partial charge is 0.339 e. The molecule has 2 aromatic heterocycles. The normalized spacial score (nSPS) is 11.0. The molecule has 0 amide bonds. The van der Waals surface area contributed by atoms with Gasteiger partial charge in [0.25, 0.3) is 0 Å². The fourth-order valence-corrected chi connectivity index (χ4v) is 2.68. The van der Waals surface area contributed by atoms with Crippen LogP contribution in [0.5, 0.6) is 0 Å². The molecule has 0 radical (unpaired) electrons. The summed E-state index contributed by atoms with van der Waals surface area (Å²) in [6, 6.07) is 9.55. The zero-order valence-electron chi connectivity index (χ0n) is 14.7. The van der Waals surface area contributed by atoms with E-state index in [0.717, 1.165) is 11.3 Å². The number of aromatic nitrogens is 5. The van der Waals surface area contributed by atoms with Crippen molar-refractivity contribution in [1.29, 1.82) is 0 Å². The van der Waals surface area contributed by atoms with Crippen LogP contribution in [0.2, 0.25) is 10.3 Å². The third-order valence-electron chi connectivity index (χ3n) is 3.76. The predicted octanol–water partition coefficient (Wildman–Crippen LogP) is 4.40. The Balaban J connectivity index is 1.79. The highest BCUT2D eigenvalue weighted by Gasteiger charge is 2.13. The Morgan fingerprint density at radius 2 is 1.92 bits per heavy atom. The van der Waals surface area contributed by atoms with Gasteiger partial charge >= 0.3 is 0 Å². The Bertz CT molecular complexity index is 894. The fourth-order valence-electron chi connectivity index (χ4n) is 2.33. The first-order chi connectivity index (χ1) is 12.4. The van der Waals surface area contributed by atoms with Gasteiger partial charge in [-0.2, -0.15) is 20.1 Å². The van der Waals surface area contributed by atoms with Gasteiger partial charge in [0.2, 0.25) is 17.2 Å². The molecule has 1 aromatic carbocycles. The lowest BCUT2D eigenvalue weighted by Gasteiger charge is -2.18. The van der Waals surface area contributed by atoms with Gasteiger partial charge in [0.1, 0.15) is 0 Å². The summed E-state index contributed by atoms with van der Waals surface area (Å²) in [7, 11) is 1.87. The summed E-state index contributed by atoms with van der Waals surface area (Å²) in [5.74, 6) is 1.73. The van der Waals surface area contributed by atoms with Gasteiger partial charge in [-0.05, 0) is 29.1 Å². The third kappa shape index (κ3) is 4.42. The molecule has 0 bridgehead atoms. The first-order valence-electron chi connectivity index (χ1n) is 8.11. The SMILES string of the molecule is CC(C)c1cc(Nc2nc(Cl)nc(N(C)Cc3ccccc3Cl)n2)n[nH]1. The molecule has 136 valence electrons. The van der Waals surface area contributed by atoms with Crippen LogP contribution in [0, 0.1) is 0 Å². The number of halogens is 2. The van der Waals surface area contributed by atoms with Crippen LogP contribution >= 0.6 is 23.2 Å². The van der Waals surface area contributed by atoms with Gasteiger partial charge in [0.15, 0.2) is 5.82 Å². The minimum Gasteiger partial charge on any atom is -0.339 e. The highest BCUT2D eigenvalue weighted by atomic mass is 35.5. The average molecular weight is 392 g/mol. The Morgan fingerprint density at radius 1 is 1.15 bits per heavy atom. The van der Waals surface area contributed by atoms with Crippen LogP contribution < -0.4 is 10.2 Å². The zero-order chi connectivity index (χ0) is 18.7. The van der Waals surface area contributed by atoms with Crippen LogP contribution in [-0.2, 0) is 6.54 Å². The van der Waals surface area contributed by atoms with Crippen LogP contribution in [0.3, 0.4) is 0 Å². The topological polar surface area (TPSA) is 82.6 Å². The molecule has 2 N–H and O–H groups in total. The van der Waals surface area contributed by atoms with E-state index in [0.29, 0.717) is 35.2 Å². The summed E-state index contributed by atoms with van der Waals surface area (Å²) in [4.78, 5) is 14.6. The Labute approximate surface area is 161 Å². The molecule has 9 heteroatoms. The lowest BCUT2D eigenvalue weighted by Crippen LogP contribution is -2.20. The molecule has 0 aliphatic rings. The van der Waals surface area contributed by atoms with E-state index in [2.05, 4.69) is 44.3 Å². The first kappa shape index (κ1) is 18.4. The van der Waals surface area contributed by atoms with Crippen molar-refractivity contribution in [3.8, 4) is 0 Å². The van der Waals surface area contributed by atoms with Gasteiger partial charge in [-0.3, -0.25) is 5.10 Å². The van der Waals surface area contributed by atoms with E-state index in [-0.39, 0.29) is 5.28 Å². The summed E-state index contributed by atoms with van der Waals surface area (Å²) >= 11 is 12.3. The van der Waals surface area contributed by atoms with Crippen LogP contribution in [0.1, 0.15) is 31.0 Å². The molecule has 26 heavy (non-hydrogen) atoms. The van der Waals surface area contributed by atoms with Gasteiger partial charge < -0.3 is 10.2 Å². The third-order valence-corrected chi connectivity index (χ3v) is 4.30. The minimum absolute atomic E-state index is 0.100. The molecular formula is C17H19Cl2N7. The standard InChI is InChI=1S/C17H19Cl2N7/c1-10(2)13-8-14(25-24-13)20-16-21-15(19)22-17(23-16)26(3)9-11-6-4-5-7-12(11)18/h4-8,10H,9H2,1-3H3,(H2,20,21,22,23,24,25). The summed E-state index contributed by atoms with van der Waals surface area (Å²) in [5.41, 5.74) is 1.99. The van der Waals surface area contributed by atoms with E-state index in [4.69, 9.17) is 23.2 Å². The van der Waals surface area contributed by atoms with Crippen molar-refractivity contribution in [3.63, 3.8) is 0 Å². The minimum atomic E-state index is 0.100. The highest BCUT2D eigenvalue weighted by molar-refractivity contribution is 6.31. The lowest BCUT2D eigenvalue weighted by molar-refractivity contribution is 0.810. The van der Waals surface area contributed by atoms with Crippen molar-refractivity contribution in [2.75, 3.05) is 17.3 Å². The van der Waals surface area contributed by atoms with Crippen LogP contribution in [0.4, 0.5) is 17.7 Å². The van der Waals surface area contributed by atoms with E-state index in [1.165, 1.54) is 0 Å².